The molecule has 0 saturated carbocycles. The number of halogens is 1. The van der Waals surface area contributed by atoms with E-state index in [9.17, 15) is 18.8 Å². The van der Waals surface area contributed by atoms with Crippen LogP contribution in [0.3, 0.4) is 0 Å². The third-order valence-electron chi connectivity index (χ3n) is 6.04. The Morgan fingerprint density at radius 1 is 1.03 bits per heavy atom. The summed E-state index contributed by atoms with van der Waals surface area (Å²) in [6.07, 6.45) is 0.280. The zero-order valence-corrected chi connectivity index (χ0v) is 20.1. The van der Waals surface area contributed by atoms with Crippen molar-refractivity contribution in [2.75, 3.05) is 25.2 Å². The van der Waals surface area contributed by atoms with Gasteiger partial charge in [-0.15, -0.1) is 0 Å². The first kappa shape index (κ1) is 24.9. The Kier molecular flexibility index (Phi) is 7.63. The summed E-state index contributed by atoms with van der Waals surface area (Å²) in [5.41, 5.74) is 1.45. The van der Waals surface area contributed by atoms with E-state index in [1.807, 2.05) is 31.2 Å². The maximum atomic E-state index is 13.9. The van der Waals surface area contributed by atoms with Gasteiger partial charge in [-0.2, -0.15) is 0 Å². The van der Waals surface area contributed by atoms with E-state index in [1.165, 1.54) is 23.1 Å². The molecule has 0 aliphatic carbocycles. The predicted octanol–water partition coefficient (Wildman–Crippen LogP) is 4.25. The van der Waals surface area contributed by atoms with Gasteiger partial charge >= 0.3 is 0 Å². The highest BCUT2D eigenvalue weighted by Crippen LogP contribution is 2.28. The van der Waals surface area contributed by atoms with E-state index in [0.717, 1.165) is 16.5 Å². The second-order valence-corrected chi connectivity index (χ2v) is 8.32. The summed E-state index contributed by atoms with van der Waals surface area (Å²) >= 11 is 0. The highest BCUT2D eigenvalue weighted by Gasteiger charge is 2.44. The van der Waals surface area contributed by atoms with Crippen LogP contribution in [0.1, 0.15) is 29.3 Å². The first-order valence-corrected chi connectivity index (χ1v) is 11.7. The molecule has 1 saturated heterocycles. The lowest BCUT2D eigenvalue weighted by molar-refractivity contribution is -0.122. The summed E-state index contributed by atoms with van der Waals surface area (Å²) in [4.78, 5) is 42.3. The van der Waals surface area contributed by atoms with Crippen LogP contribution in [-0.2, 0) is 16.0 Å². The smallest absolute Gasteiger partial charge is 0.257 e. The molecule has 4 rings (SSSR count). The highest BCUT2D eigenvalue weighted by atomic mass is 19.1. The monoisotopic (exact) mass is 490 g/mol. The molecule has 1 aliphatic heterocycles. The predicted molar refractivity (Wildman–Crippen MR) is 133 cm³/mol. The number of hydrogen-bond acceptors (Lipinski definition) is 5. The number of nitrogens with zero attached hydrogens (tertiary/aromatic N) is 2. The molecule has 0 bridgehead atoms. The molecular weight excluding hydrogens is 463 g/mol. The van der Waals surface area contributed by atoms with Crippen LogP contribution in [0.25, 0.3) is 0 Å². The highest BCUT2D eigenvalue weighted by molar-refractivity contribution is 6.23. The third kappa shape index (κ3) is 5.38. The molecule has 7 nitrogen and oxygen atoms in total. The van der Waals surface area contributed by atoms with Crippen molar-refractivity contribution in [3.8, 4) is 11.5 Å². The first-order chi connectivity index (χ1) is 17.4. The van der Waals surface area contributed by atoms with Crippen molar-refractivity contribution in [2.24, 2.45) is 0 Å². The van der Waals surface area contributed by atoms with E-state index >= 15 is 0 Å². The molecule has 3 aromatic rings. The van der Waals surface area contributed by atoms with E-state index in [1.54, 1.807) is 31.4 Å². The van der Waals surface area contributed by atoms with Gasteiger partial charge in [-0.05, 0) is 73.5 Å². The van der Waals surface area contributed by atoms with Gasteiger partial charge < -0.3 is 14.4 Å². The van der Waals surface area contributed by atoms with Crippen molar-refractivity contribution in [1.29, 1.82) is 0 Å². The minimum atomic E-state index is -1.00. The molecule has 0 radical (unpaired) electrons. The van der Waals surface area contributed by atoms with Crippen LogP contribution in [-0.4, -0.2) is 48.9 Å². The molecule has 3 amide bonds. The maximum absolute atomic E-state index is 13.9. The average molecular weight is 491 g/mol. The number of rotatable bonds is 9. The van der Waals surface area contributed by atoms with E-state index in [4.69, 9.17) is 9.47 Å². The second kappa shape index (κ2) is 11.0. The van der Waals surface area contributed by atoms with Crippen molar-refractivity contribution in [2.45, 2.75) is 25.8 Å². The Hall–Kier alpha value is -4.20. The van der Waals surface area contributed by atoms with E-state index in [2.05, 4.69) is 0 Å². The van der Waals surface area contributed by atoms with Gasteiger partial charge in [0.2, 0.25) is 5.91 Å². The normalized spacial score (nSPS) is 15.2. The van der Waals surface area contributed by atoms with E-state index in [0.29, 0.717) is 30.2 Å². The Balaban J connectivity index is 1.60. The van der Waals surface area contributed by atoms with Crippen LogP contribution in [0.2, 0.25) is 0 Å². The molecule has 0 aromatic heterocycles. The van der Waals surface area contributed by atoms with Gasteiger partial charge in [-0.25, -0.2) is 9.29 Å². The number of imide groups is 1. The van der Waals surface area contributed by atoms with Crippen LogP contribution < -0.4 is 14.4 Å². The molecule has 186 valence electrons. The quantitative estimate of drug-likeness (QED) is 0.419. The Morgan fingerprint density at radius 3 is 2.36 bits per heavy atom. The summed E-state index contributed by atoms with van der Waals surface area (Å²) in [7, 11) is 1.58. The molecule has 1 fully saturated rings. The number of ether oxygens (including phenoxy) is 2. The molecule has 3 aromatic carbocycles. The van der Waals surface area contributed by atoms with Crippen molar-refractivity contribution in [3.63, 3.8) is 0 Å². The first-order valence-electron chi connectivity index (χ1n) is 11.7. The van der Waals surface area contributed by atoms with Crippen LogP contribution in [0.4, 0.5) is 10.1 Å². The van der Waals surface area contributed by atoms with Crippen molar-refractivity contribution in [1.82, 2.24) is 4.90 Å². The molecular formula is C28H27FN2O5. The molecule has 0 unspecified atom stereocenters. The molecule has 0 spiro atoms. The Labute approximate surface area is 209 Å². The molecule has 1 atom stereocenters. The number of anilines is 1. The van der Waals surface area contributed by atoms with Crippen molar-refractivity contribution < 1.29 is 28.2 Å². The second-order valence-electron chi connectivity index (χ2n) is 8.32. The fraction of sp³-hybridized carbons (Fsp3) is 0.250. The number of hydrogen-bond donors (Lipinski definition) is 0. The largest absolute Gasteiger partial charge is 0.497 e. The fourth-order valence-corrected chi connectivity index (χ4v) is 4.22. The topological polar surface area (TPSA) is 76.2 Å². The van der Waals surface area contributed by atoms with Crippen LogP contribution in [0, 0.1) is 5.82 Å². The van der Waals surface area contributed by atoms with Gasteiger partial charge in [0.15, 0.2) is 0 Å². The Bertz CT molecular complexity index is 1240. The standard InChI is InChI=1S/C28H27FN2O5/c1-3-36-24-13-9-22(10-14-24)31-26(32)18-25(28(31)34)30(27(33)20-5-4-6-21(29)17-20)16-15-19-7-11-23(35-2)12-8-19/h4-14,17,25H,3,15-16,18H2,1-2H3/t25-/m1/s1. The summed E-state index contributed by atoms with van der Waals surface area (Å²) in [6, 6.07) is 18.3. The number of carbonyl (C=O) groups excluding carboxylic acids is 3. The SMILES string of the molecule is CCOc1ccc(N2C(=O)C[C@@H](N(CCc3ccc(OC)cc3)C(=O)c3cccc(F)c3)C2=O)cc1. The van der Waals surface area contributed by atoms with Gasteiger partial charge in [0, 0.05) is 12.1 Å². The summed E-state index contributed by atoms with van der Waals surface area (Å²) in [5.74, 6) is -0.643. The van der Waals surface area contributed by atoms with Gasteiger partial charge in [-0.3, -0.25) is 14.4 Å². The zero-order valence-electron chi connectivity index (χ0n) is 20.1. The Morgan fingerprint density at radius 2 is 1.72 bits per heavy atom. The molecule has 36 heavy (non-hydrogen) atoms. The average Bonchev–Trinajstić information content (AvgIpc) is 3.18. The zero-order chi connectivity index (χ0) is 25.7. The van der Waals surface area contributed by atoms with E-state index in [-0.39, 0.29) is 18.5 Å². The number of benzene rings is 3. The number of amides is 3. The van der Waals surface area contributed by atoms with Crippen molar-refractivity contribution in [3.05, 3.63) is 89.7 Å². The number of carbonyl (C=O) groups is 3. The van der Waals surface area contributed by atoms with Crippen LogP contribution in [0.5, 0.6) is 11.5 Å². The lowest BCUT2D eigenvalue weighted by Crippen LogP contribution is -2.46. The molecule has 8 heteroatoms. The minimum absolute atomic E-state index is 0.115. The molecule has 1 aliphatic rings. The van der Waals surface area contributed by atoms with Crippen molar-refractivity contribution >= 4 is 23.4 Å². The number of methoxy groups -OCH3 is 1. The third-order valence-corrected chi connectivity index (χ3v) is 6.04. The molecule has 1 heterocycles. The fourth-order valence-electron chi connectivity index (χ4n) is 4.22. The van der Waals surface area contributed by atoms with E-state index < -0.39 is 29.6 Å². The maximum Gasteiger partial charge on any atom is 0.257 e. The lowest BCUT2D eigenvalue weighted by Gasteiger charge is -2.28. The van der Waals surface area contributed by atoms with Crippen LogP contribution in [0.15, 0.2) is 72.8 Å². The van der Waals surface area contributed by atoms with Gasteiger partial charge in [0.25, 0.3) is 11.8 Å². The lowest BCUT2D eigenvalue weighted by atomic mass is 10.1. The summed E-state index contributed by atoms with van der Waals surface area (Å²) in [6.45, 7) is 2.53. The van der Waals surface area contributed by atoms with Gasteiger partial charge in [-0.1, -0.05) is 18.2 Å². The minimum Gasteiger partial charge on any atom is -0.497 e. The molecule has 0 N–H and O–H groups in total. The van der Waals surface area contributed by atoms with Gasteiger partial charge in [0.05, 0.1) is 25.8 Å². The van der Waals surface area contributed by atoms with Crippen LogP contribution >= 0.6 is 0 Å². The van der Waals surface area contributed by atoms with Gasteiger partial charge in [0.1, 0.15) is 23.4 Å². The summed E-state index contributed by atoms with van der Waals surface area (Å²) in [5, 5.41) is 0. The summed E-state index contributed by atoms with van der Waals surface area (Å²) < 4.78 is 24.5.